The first-order chi connectivity index (χ1) is 26.8. The van der Waals surface area contributed by atoms with Crippen molar-refractivity contribution in [3.63, 3.8) is 0 Å². The van der Waals surface area contributed by atoms with Crippen molar-refractivity contribution in [1.82, 2.24) is 0 Å². The van der Waals surface area contributed by atoms with E-state index in [2.05, 4.69) is 170 Å². The molecule has 12 aromatic rings. The summed E-state index contributed by atoms with van der Waals surface area (Å²) in [5, 5.41) is 14.2. The van der Waals surface area contributed by atoms with Gasteiger partial charge >= 0.3 is 0 Å². The molecule has 0 aliphatic carbocycles. The van der Waals surface area contributed by atoms with Crippen molar-refractivity contribution in [2.24, 2.45) is 0 Å². The first-order valence-electron chi connectivity index (χ1n) is 18.5. The van der Waals surface area contributed by atoms with Crippen molar-refractivity contribution in [2.45, 2.75) is 0 Å². The van der Waals surface area contributed by atoms with Crippen LogP contribution in [-0.4, -0.2) is 0 Å². The van der Waals surface area contributed by atoms with Crippen LogP contribution < -0.4 is 0 Å². The molecule has 2 aromatic heterocycles. The second kappa shape index (κ2) is 11.2. The quantitative estimate of drug-likeness (QED) is 0.173. The van der Waals surface area contributed by atoms with Crippen molar-refractivity contribution in [1.29, 1.82) is 0 Å². The Morgan fingerprint density at radius 1 is 0.259 bits per heavy atom. The molecular formula is C52H30O2. The summed E-state index contributed by atoms with van der Waals surface area (Å²) in [6, 6.07) is 65.6. The zero-order chi connectivity index (χ0) is 35.3. The van der Waals surface area contributed by atoms with Crippen LogP contribution in [0.15, 0.2) is 191 Å². The maximum absolute atomic E-state index is 6.53. The van der Waals surface area contributed by atoms with Gasteiger partial charge in [-0.3, -0.25) is 0 Å². The molecule has 0 aliphatic rings. The van der Waals surface area contributed by atoms with Gasteiger partial charge in [0.2, 0.25) is 0 Å². The lowest BCUT2D eigenvalue weighted by molar-refractivity contribution is 0.664. The highest BCUT2D eigenvalue weighted by Gasteiger charge is 2.19. The first-order valence-corrected chi connectivity index (χ1v) is 18.5. The lowest BCUT2D eigenvalue weighted by Gasteiger charge is -2.18. The van der Waals surface area contributed by atoms with Crippen molar-refractivity contribution >= 4 is 87.0 Å². The summed E-state index contributed by atoms with van der Waals surface area (Å²) in [5.41, 5.74) is 10.9. The van der Waals surface area contributed by atoms with Crippen LogP contribution in [-0.2, 0) is 0 Å². The average molecular weight is 687 g/mol. The van der Waals surface area contributed by atoms with Crippen molar-refractivity contribution < 1.29 is 8.83 Å². The van der Waals surface area contributed by atoms with Crippen LogP contribution >= 0.6 is 0 Å². The highest BCUT2D eigenvalue weighted by atomic mass is 16.3. The molecule has 10 aromatic carbocycles. The maximum Gasteiger partial charge on any atom is 0.143 e. The second-order valence-electron chi connectivity index (χ2n) is 14.4. The van der Waals surface area contributed by atoms with E-state index >= 15 is 0 Å². The zero-order valence-corrected chi connectivity index (χ0v) is 29.1. The Balaban J connectivity index is 1.01. The Bertz CT molecular complexity index is 3430. The normalized spacial score (nSPS) is 12.1. The highest BCUT2D eigenvalue weighted by Crippen LogP contribution is 2.45. The highest BCUT2D eigenvalue weighted by molar-refractivity contribution is 6.28. The monoisotopic (exact) mass is 686 g/mol. The number of fused-ring (bicyclic) bond motifs is 12. The molecule has 0 fully saturated rings. The molecule has 0 saturated carbocycles. The minimum absolute atomic E-state index is 0.869. The third-order valence-electron chi connectivity index (χ3n) is 11.4. The lowest BCUT2D eigenvalue weighted by Crippen LogP contribution is -1.90. The molecular weight excluding hydrogens is 657 g/mol. The molecule has 0 amide bonds. The molecule has 0 N–H and O–H groups in total. The van der Waals surface area contributed by atoms with E-state index in [1.807, 2.05) is 12.1 Å². The van der Waals surface area contributed by atoms with Gasteiger partial charge < -0.3 is 8.83 Å². The van der Waals surface area contributed by atoms with Gasteiger partial charge in [0.25, 0.3) is 0 Å². The molecule has 0 bridgehead atoms. The molecule has 54 heavy (non-hydrogen) atoms. The number of rotatable bonds is 3. The molecule has 2 nitrogen and oxygen atoms in total. The topological polar surface area (TPSA) is 26.3 Å². The van der Waals surface area contributed by atoms with Crippen molar-refractivity contribution in [2.75, 3.05) is 0 Å². The van der Waals surface area contributed by atoms with Crippen LogP contribution in [0.25, 0.3) is 120 Å². The van der Waals surface area contributed by atoms with Gasteiger partial charge in [0, 0.05) is 26.9 Å². The van der Waals surface area contributed by atoms with Crippen LogP contribution in [0.2, 0.25) is 0 Å². The van der Waals surface area contributed by atoms with Crippen molar-refractivity contribution in [3.8, 4) is 33.4 Å². The van der Waals surface area contributed by atoms with E-state index in [1.165, 1.54) is 65.5 Å². The molecule has 2 heterocycles. The molecule has 0 saturated heterocycles. The van der Waals surface area contributed by atoms with Crippen LogP contribution in [0.3, 0.4) is 0 Å². The van der Waals surface area contributed by atoms with Gasteiger partial charge in [-0.25, -0.2) is 0 Å². The fourth-order valence-electron chi connectivity index (χ4n) is 8.98. The fraction of sp³-hybridized carbons (Fsp3) is 0. The van der Waals surface area contributed by atoms with Gasteiger partial charge in [0.05, 0.1) is 0 Å². The van der Waals surface area contributed by atoms with Crippen molar-refractivity contribution in [3.05, 3.63) is 182 Å². The SMILES string of the molecule is c1ccc(-c2c3ccccc3c(-c3ccc4cc(-c5ccc6oc7ccc8oc9c%10ccccc%10ccc9c8c7c6c5)ccc4c3)c3ccccc23)cc1. The lowest BCUT2D eigenvalue weighted by atomic mass is 9.85. The number of hydrogen-bond donors (Lipinski definition) is 0. The molecule has 0 spiro atoms. The molecule has 0 unspecified atom stereocenters. The summed E-state index contributed by atoms with van der Waals surface area (Å²) in [6.07, 6.45) is 0. The summed E-state index contributed by atoms with van der Waals surface area (Å²) < 4.78 is 13.0. The predicted octanol–water partition coefficient (Wildman–Crippen LogP) is 15.1. The van der Waals surface area contributed by atoms with E-state index in [-0.39, 0.29) is 0 Å². The van der Waals surface area contributed by atoms with E-state index < -0.39 is 0 Å². The Hall–Kier alpha value is -7.16. The Kier molecular flexibility index (Phi) is 6.09. The van der Waals surface area contributed by atoms with Gasteiger partial charge in [-0.1, -0.05) is 140 Å². The minimum Gasteiger partial charge on any atom is -0.456 e. The summed E-state index contributed by atoms with van der Waals surface area (Å²) >= 11 is 0. The average Bonchev–Trinajstić information content (AvgIpc) is 3.81. The zero-order valence-electron chi connectivity index (χ0n) is 29.1. The van der Waals surface area contributed by atoms with Gasteiger partial charge in [-0.05, 0) is 114 Å². The first kappa shape index (κ1) is 29.4. The van der Waals surface area contributed by atoms with Gasteiger partial charge in [-0.2, -0.15) is 0 Å². The summed E-state index contributed by atoms with van der Waals surface area (Å²) in [7, 11) is 0. The number of benzene rings is 10. The summed E-state index contributed by atoms with van der Waals surface area (Å²) in [6.45, 7) is 0. The largest absolute Gasteiger partial charge is 0.456 e. The van der Waals surface area contributed by atoms with E-state index in [4.69, 9.17) is 8.83 Å². The van der Waals surface area contributed by atoms with Gasteiger partial charge in [-0.15, -0.1) is 0 Å². The van der Waals surface area contributed by atoms with Gasteiger partial charge in [0.15, 0.2) is 0 Å². The maximum atomic E-state index is 6.53. The molecule has 250 valence electrons. The Morgan fingerprint density at radius 3 is 1.48 bits per heavy atom. The fourth-order valence-corrected chi connectivity index (χ4v) is 8.98. The second-order valence-corrected chi connectivity index (χ2v) is 14.4. The smallest absolute Gasteiger partial charge is 0.143 e. The third kappa shape index (κ3) is 4.22. The van der Waals surface area contributed by atoms with Gasteiger partial charge in [0.1, 0.15) is 22.3 Å². The van der Waals surface area contributed by atoms with Crippen LogP contribution in [0.5, 0.6) is 0 Å². The molecule has 12 rings (SSSR count). The predicted molar refractivity (Wildman–Crippen MR) is 227 cm³/mol. The third-order valence-corrected chi connectivity index (χ3v) is 11.4. The van der Waals surface area contributed by atoms with E-state index in [9.17, 15) is 0 Å². The summed E-state index contributed by atoms with van der Waals surface area (Å²) in [5.74, 6) is 0. The van der Waals surface area contributed by atoms with Crippen LogP contribution in [0.1, 0.15) is 0 Å². The standard InChI is InChI=1S/C52H30O2/c1-2-11-32(12-3-1)48-39-14-6-8-16-41(39)49(42-17-9-7-15-40(42)48)37-21-20-33-28-34(18-19-35(33)29-37)36-23-25-45-44(30-36)51-46(53-45)26-27-47-50(51)43-24-22-31-10-4-5-13-38(31)52(43)54-47/h1-30H. The number of furan rings is 2. The van der Waals surface area contributed by atoms with E-state index in [1.54, 1.807) is 0 Å². The molecule has 0 radical (unpaired) electrons. The Morgan fingerprint density at radius 2 is 0.759 bits per heavy atom. The summed E-state index contributed by atoms with van der Waals surface area (Å²) in [4.78, 5) is 0. The molecule has 2 heteroatoms. The number of hydrogen-bond acceptors (Lipinski definition) is 2. The van der Waals surface area contributed by atoms with E-state index in [0.717, 1.165) is 54.8 Å². The minimum atomic E-state index is 0.869. The van der Waals surface area contributed by atoms with E-state index in [0.29, 0.717) is 0 Å². The van der Waals surface area contributed by atoms with Crippen LogP contribution in [0.4, 0.5) is 0 Å². The molecule has 0 aliphatic heterocycles. The Labute approximate surface area is 310 Å². The van der Waals surface area contributed by atoms with Crippen LogP contribution in [0, 0.1) is 0 Å². The molecule has 0 atom stereocenters.